The maximum atomic E-state index is 11.6. The summed E-state index contributed by atoms with van der Waals surface area (Å²) < 4.78 is 20.7. The second kappa shape index (κ2) is 22.0. The van der Waals surface area contributed by atoms with Crippen LogP contribution in [0.25, 0.3) is 0 Å². The first kappa shape index (κ1) is 34.6. The second-order valence-electron chi connectivity index (χ2n) is 9.46. The number of rotatable bonds is 20. The van der Waals surface area contributed by atoms with Crippen LogP contribution < -0.4 is 0 Å². The molecule has 9 nitrogen and oxygen atoms in total. The number of esters is 1. The van der Waals surface area contributed by atoms with Crippen LogP contribution in [-0.4, -0.2) is 84.1 Å². The van der Waals surface area contributed by atoms with Gasteiger partial charge in [-0.15, -0.1) is 0 Å². The quantitative estimate of drug-likeness (QED) is 0.0859. The molecule has 0 aliphatic rings. The third-order valence-corrected chi connectivity index (χ3v) is 5.50. The van der Waals surface area contributed by atoms with Gasteiger partial charge in [0.2, 0.25) is 0 Å². The molecule has 4 N–H and O–H groups in total. The van der Waals surface area contributed by atoms with Crippen molar-refractivity contribution < 1.29 is 43.1 Å². The van der Waals surface area contributed by atoms with Crippen molar-refractivity contribution in [3.8, 4) is 0 Å². The molecule has 0 spiro atoms. The topological polar surface area (TPSA) is 134 Å². The lowest BCUT2D eigenvalue weighted by Gasteiger charge is -2.21. The summed E-state index contributed by atoms with van der Waals surface area (Å²) in [5, 5.41) is 17.3. The van der Waals surface area contributed by atoms with Crippen LogP contribution in [-0.2, 0) is 18.6 Å². The van der Waals surface area contributed by atoms with Crippen LogP contribution in [0.1, 0.15) is 90.4 Å². The molecule has 0 saturated carbocycles. The van der Waals surface area contributed by atoms with E-state index in [-0.39, 0.29) is 19.6 Å². The second-order valence-corrected chi connectivity index (χ2v) is 10.7. The minimum Gasteiger partial charge on any atom is -0.463 e. The lowest BCUT2D eigenvalue weighted by atomic mass is 10.0. The highest BCUT2D eigenvalue weighted by Gasteiger charge is 2.22. The van der Waals surface area contributed by atoms with E-state index in [1.807, 2.05) is 0 Å². The SMILES string of the molecule is CCCCCCCCCCCCCCC(=O)OCC(CO)OP(=O)(O)O.C[N+](C)(C)CCO. The Morgan fingerprint density at radius 1 is 0.848 bits per heavy atom. The van der Waals surface area contributed by atoms with E-state index in [1.165, 1.54) is 57.8 Å². The number of quaternary nitrogens is 1. The minimum absolute atomic E-state index is 0.269. The molecule has 33 heavy (non-hydrogen) atoms. The van der Waals surface area contributed by atoms with Gasteiger partial charge in [0.1, 0.15) is 19.3 Å². The number of nitrogens with zero attached hydrogens (tertiary/aromatic N) is 1. The molecule has 0 aliphatic heterocycles. The Kier molecular flexibility index (Phi) is 23.0. The van der Waals surface area contributed by atoms with E-state index < -0.39 is 26.5 Å². The highest BCUT2D eigenvalue weighted by atomic mass is 31.2. The van der Waals surface area contributed by atoms with Crippen LogP contribution >= 0.6 is 7.82 Å². The van der Waals surface area contributed by atoms with Crippen LogP contribution in [0.3, 0.4) is 0 Å². The number of carbonyl (C=O) groups is 1. The molecule has 0 radical (unpaired) electrons. The molecule has 200 valence electrons. The number of hydrogen-bond donors (Lipinski definition) is 4. The summed E-state index contributed by atoms with van der Waals surface area (Å²) in [4.78, 5) is 28.9. The average molecular weight is 501 g/mol. The number of phosphoric ester groups is 1. The maximum Gasteiger partial charge on any atom is 0.470 e. The Morgan fingerprint density at radius 2 is 1.30 bits per heavy atom. The molecule has 0 aromatic heterocycles. The zero-order chi connectivity index (χ0) is 25.6. The third kappa shape index (κ3) is 31.5. The predicted octanol–water partition coefficient (Wildman–Crippen LogP) is 3.78. The zero-order valence-corrected chi connectivity index (χ0v) is 22.3. The van der Waals surface area contributed by atoms with Crippen molar-refractivity contribution in [3.63, 3.8) is 0 Å². The highest BCUT2D eigenvalue weighted by Crippen LogP contribution is 2.37. The van der Waals surface area contributed by atoms with Crippen LogP contribution in [0, 0.1) is 0 Å². The molecule has 1 unspecified atom stereocenters. The third-order valence-electron chi connectivity index (χ3n) is 4.93. The Bertz CT molecular complexity index is 493. The van der Waals surface area contributed by atoms with E-state index in [9.17, 15) is 9.36 Å². The monoisotopic (exact) mass is 500 g/mol. The summed E-state index contributed by atoms with van der Waals surface area (Å²) in [6.45, 7) is 2.35. The first-order chi connectivity index (χ1) is 15.4. The fraction of sp³-hybridized carbons (Fsp3) is 0.957. The number of phosphoric acid groups is 1. The van der Waals surface area contributed by atoms with Gasteiger partial charge in [-0.2, -0.15) is 0 Å². The minimum atomic E-state index is -4.70. The lowest BCUT2D eigenvalue weighted by Crippen LogP contribution is -2.36. The number of aliphatic hydroxyl groups is 2. The number of unbranched alkanes of at least 4 members (excludes halogenated alkanes) is 11. The summed E-state index contributed by atoms with van der Waals surface area (Å²) in [6, 6.07) is 0. The maximum absolute atomic E-state index is 11.6. The smallest absolute Gasteiger partial charge is 0.463 e. The Labute approximate surface area is 201 Å². The van der Waals surface area contributed by atoms with E-state index >= 15 is 0 Å². The number of hydrogen-bond acceptors (Lipinski definition) is 6. The van der Waals surface area contributed by atoms with Gasteiger partial charge in [0.15, 0.2) is 0 Å². The molecule has 0 saturated heterocycles. The molecular formula is C23H51NO8P+. The number of ether oxygens (including phenoxy) is 1. The fourth-order valence-electron chi connectivity index (χ4n) is 2.98. The van der Waals surface area contributed by atoms with Gasteiger partial charge >= 0.3 is 13.8 Å². The summed E-state index contributed by atoms with van der Waals surface area (Å²) in [7, 11) is 1.46. The van der Waals surface area contributed by atoms with Crippen molar-refractivity contribution in [2.75, 3.05) is 47.5 Å². The first-order valence-electron chi connectivity index (χ1n) is 12.4. The molecule has 0 bridgehead atoms. The highest BCUT2D eigenvalue weighted by molar-refractivity contribution is 7.46. The van der Waals surface area contributed by atoms with E-state index in [2.05, 4.69) is 32.6 Å². The molecule has 1 atom stereocenters. The molecule has 0 aromatic rings. The van der Waals surface area contributed by atoms with E-state index in [0.717, 1.165) is 30.3 Å². The average Bonchev–Trinajstić information content (AvgIpc) is 2.70. The van der Waals surface area contributed by atoms with Gasteiger partial charge in [-0.25, -0.2) is 4.57 Å². The standard InChI is InChI=1S/C18H37O7P.C5H14NO/c1-2-3-4-5-6-7-8-9-10-11-12-13-14-18(20)24-16-17(15-19)25-26(21,22)23;1-6(2,3)4-5-7/h17,19H,2-16H2,1H3,(H2,21,22,23);7H,4-5H2,1-3H3/q;+1. The number of carbonyl (C=O) groups excluding carboxylic acids is 1. The van der Waals surface area contributed by atoms with Gasteiger partial charge in [-0.1, -0.05) is 77.6 Å². The van der Waals surface area contributed by atoms with Crippen molar-refractivity contribution in [2.45, 2.75) is 96.5 Å². The van der Waals surface area contributed by atoms with Crippen LogP contribution in [0.2, 0.25) is 0 Å². The molecule has 0 rings (SSSR count). The van der Waals surface area contributed by atoms with Crippen molar-refractivity contribution in [2.24, 2.45) is 0 Å². The molecule has 10 heteroatoms. The normalized spacial score (nSPS) is 12.7. The summed E-state index contributed by atoms with van der Waals surface area (Å²) in [5.74, 6) is -0.440. The number of aliphatic hydroxyl groups excluding tert-OH is 2. The van der Waals surface area contributed by atoms with E-state index in [1.54, 1.807) is 0 Å². The van der Waals surface area contributed by atoms with Crippen LogP contribution in [0.15, 0.2) is 0 Å². The summed E-state index contributed by atoms with van der Waals surface area (Å²) in [5.41, 5.74) is 0. The fourth-order valence-corrected chi connectivity index (χ4v) is 3.49. The zero-order valence-electron chi connectivity index (χ0n) is 21.4. The van der Waals surface area contributed by atoms with Crippen LogP contribution in [0.5, 0.6) is 0 Å². The van der Waals surface area contributed by atoms with Gasteiger partial charge in [-0.05, 0) is 6.42 Å². The summed E-state index contributed by atoms with van der Waals surface area (Å²) >= 11 is 0. The molecule has 0 aromatic carbocycles. The van der Waals surface area contributed by atoms with Gasteiger partial charge in [0, 0.05) is 6.42 Å². The van der Waals surface area contributed by atoms with Gasteiger partial charge in [0.05, 0.1) is 34.4 Å². The van der Waals surface area contributed by atoms with Crippen molar-refractivity contribution in [3.05, 3.63) is 0 Å². The molecule has 0 amide bonds. The van der Waals surface area contributed by atoms with Crippen molar-refractivity contribution >= 4 is 13.8 Å². The Balaban J connectivity index is 0. The van der Waals surface area contributed by atoms with Crippen molar-refractivity contribution in [1.82, 2.24) is 0 Å². The largest absolute Gasteiger partial charge is 0.470 e. The molecule has 0 aliphatic carbocycles. The van der Waals surface area contributed by atoms with E-state index in [0.29, 0.717) is 0 Å². The molecular weight excluding hydrogens is 449 g/mol. The molecule has 0 fully saturated rings. The lowest BCUT2D eigenvalue weighted by molar-refractivity contribution is -0.870. The van der Waals surface area contributed by atoms with Gasteiger partial charge in [0.25, 0.3) is 0 Å². The van der Waals surface area contributed by atoms with Crippen LogP contribution in [0.4, 0.5) is 0 Å². The number of likely N-dealkylation sites (N-methyl/N-ethyl adjacent to an activating group) is 1. The first-order valence-corrected chi connectivity index (χ1v) is 13.9. The van der Waals surface area contributed by atoms with E-state index in [4.69, 9.17) is 24.7 Å². The van der Waals surface area contributed by atoms with Crippen molar-refractivity contribution in [1.29, 1.82) is 0 Å². The van der Waals surface area contributed by atoms with Gasteiger partial charge < -0.3 is 29.2 Å². The molecule has 0 heterocycles. The predicted molar refractivity (Wildman–Crippen MR) is 131 cm³/mol. The Hall–Kier alpha value is -0.540. The Morgan fingerprint density at radius 3 is 1.64 bits per heavy atom. The summed E-state index contributed by atoms with van der Waals surface area (Å²) in [6.07, 6.45) is 13.6. The van der Waals surface area contributed by atoms with Gasteiger partial charge in [-0.3, -0.25) is 9.32 Å².